The van der Waals surface area contributed by atoms with Gasteiger partial charge in [0.25, 0.3) is 0 Å². The first kappa shape index (κ1) is 13.2. The summed E-state index contributed by atoms with van der Waals surface area (Å²) in [6.45, 7) is 3.74. The molecule has 0 saturated carbocycles. The van der Waals surface area contributed by atoms with Crippen LogP contribution in [-0.4, -0.2) is 17.9 Å². The first-order valence-corrected chi connectivity index (χ1v) is 5.32. The van der Waals surface area contributed by atoms with Crippen molar-refractivity contribution in [1.82, 2.24) is 10.6 Å². The third kappa shape index (κ3) is 4.63. The third-order valence-electron chi connectivity index (χ3n) is 1.99. The Morgan fingerprint density at radius 2 is 1.76 bits per heavy atom. The molecule has 0 spiro atoms. The van der Waals surface area contributed by atoms with E-state index in [1.54, 1.807) is 26.0 Å². The molecule has 0 radical (unpaired) electrons. The van der Waals surface area contributed by atoms with Crippen LogP contribution >= 0.6 is 0 Å². The molecule has 0 unspecified atom stereocenters. The minimum atomic E-state index is -0.692. The van der Waals surface area contributed by atoms with E-state index in [2.05, 4.69) is 10.6 Å². The number of hydrogen-bond donors (Lipinski definition) is 2. The molecule has 0 aromatic heterocycles. The monoisotopic (exact) mass is 238 g/mol. The normalized spacial score (nSPS) is 10.1. The Bertz CT molecular complexity index is 401. The van der Waals surface area contributed by atoms with E-state index in [9.17, 15) is 14.0 Å². The fraction of sp³-hybridized carbons (Fsp3) is 0.333. The van der Waals surface area contributed by atoms with E-state index in [1.807, 2.05) is 0 Å². The van der Waals surface area contributed by atoms with Gasteiger partial charge in [-0.1, -0.05) is 12.1 Å². The largest absolute Gasteiger partial charge is 0.346 e. The molecule has 0 aliphatic carbocycles. The van der Waals surface area contributed by atoms with Crippen molar-refractivity contribution in [3.05, 3.63) is 35.6 Å². The topological polar surface area (TPSA) is 58.2 Å². The number of carbonyl (C=O) groups excluding carboxylic acids is 2. The average molecular weight is 238 g/mol. The maximum atomic E-state index is 12.6. The quantitative estimate of drug-likeness (QED) is 0.771. The summed E-state index contributed by atoms with van der Waals surface area (Å²) in [6.07, 6.45) is 0. The summed E-state index contributed by atoms with van der Waals surface area (Å²) >= 11 is 0. The van der Waals surface area contributed by atoms with E-state index in [-0.39, 0.29) is 18.4 Å². The van der Waals surface area contributed by atoms with E-state index in [0.717, 1.165) is 5.56 Å². The van der Waals surface area contributed by atoms with Gasteiger partial charge in [-0.2, -0.15) is 0 Å². The fourth-order valence-electron chi connectivity index (χ4n) is 1.19. The van der Waals surface area contributed by atoms with Crippen molar-refractivity contribution in [2.24, 2.45) is 0 Å². The Kier molecular flexibility index (Phi) is 4.63. The first-order chi connectivity index (χ1) is 7.99. The minimum absolute atomic E-state index is 0.0842. The molecule has 2 amide bonds. The van der Waals surface area contributed by atoms with Gasteiger partial charge >= 0.3 is 11.8 Å². The van der Waals surface area contributed by atoms with Crippen LogP contribution in [0.1, 0.15) is 19.4 Å². The molecule has 0 heterocycles. The van der Waals surface area contributed by atoms with Crippen LogP contribution in [0.25, 0.3) is 0 Å². The molecule has 5 heteroatoms. The molecule has 0 fully saturated rings. The summed E-state index contributed by atoms with van der Waals surface area (Å²) in [6, 6.07) is 5.62. The van der Waals surface area contributed by atoms with Crippen LogP contribution in [0.2, 0.25) is 0 Å². The van der Waals surface area contributed by atoms with Gasteiger partial charge < -0.3 is 10.6 Å². The number of halogens is 1. The number of rotatable bonds is 3. The van der Waals surface area contributed by atoms with E-state index in [1.165, 1.54) is 12.1 Å². The lowest BCUT2D eigenvalue weighted by Crippen LogP contribution is -2.42. The van der Waals surface area contributed by atoms with Crippen LogP contribution in [0.5, 0.6) is 0 Å². The second-order valence-electron chi connectivity index (χ2n) is 3.94. The van der Waals surface area contributed by atoms with Crippen molar-refractivity contribution < 1.29 is 14.0 Å². The first-order valence-electron chi connectivity index (χ1n) is 5.32. The van der Waals surface area contributed by atoms with Gasteiger partial charge in [-0.05, 0) is 31.5 Å². The Morgan fingerprint density at radius 3 is 2.29 bits per heavy atom. The van der Waals surface area contributed by atoms with Crippen LogP contribution in [0.4, 0.5) is 4.39 Å². The van der Waals surface area contributed by atoms with Crippen molar-refractivity contribution in [2.75, 3.05) is 0 Å². The number of nitrogens with one attached hydrogen (secondary N) is 2. The van der Waals surface area contributed by atoms with Crippen molar-refractivity contribution in [1.29, 1.82) is 0 Å². The molecule has 0 saturated heterocycles. The summed E-state index contributed by atoms with van der Waals surface area (Å²) in [4.78, 5) is 22.6. The van der Waals surface area contributed by atoms with Gasteiger partial charge in [-0.25, -0.2) is 4.39 Å². The van der Waals surface area contributed by atoms with Crippen LogP contribution < -0.4 is 10.6 Å². The van der Waals surface area contributed by atoms with Gasteiger partial charge in [0, 0.05) is 12.6 Å². The molecule has 0 atom stereocenters. The van der Waals surface area contributed by atoms with E-state index in [0.29, 0.717) is 0 Å². The zero-order valence-electron chi connectivity index (χ0n) is 9.79. The van der Waals surface area contributed by atoms with Gasteiger partial charge in [0.2, 0.25) is 0 Å². The zero-order chi connectivity index (χ0) is 12.8. The Hall–Kier alpha value is -1.91. The lowest BCUT2D eigenvalue weighted by Gasteiger charge is -2.08. The summed E-state index contributed by atoms with van der Waals surface area (Å²) in [7, 11) is 0. The standard InChI is InChI=1S/C12H15FN2O2/c1-8(2)15-12(17)11(16)14-7-9-3-5-10(13)6-4-9/h3-6,8H,7H2,1-2H3,(H,14,16)(H,15,17). The summed E-state index contributed by atoms with van der Waals surface area (Å²) in [5.41, 5.74) is 0.733. The highest BCUT2D eigenvalue weighted by molar-refractivity contribution is 6.35. The molecule has 2 N–H and O–H groups in total. The minimum Gasteiger partial charge on any atom is -0.346 e. The predicted octanol–water partition coefficient (Wildman–Crippen LogP) is 0.966. The summed E-state index contributed by atoms with van der Waals surface area (Å²) < 4.78 is 12.6. The predicted molar refractivity (Wildman–Crippen MR) is 61.5 cm³/mol. The highest BCUT2D eigenvalue weighted by Crippen LogP contribution is 2.01. The molecule has 4 nitrogen and oxygen atoms in total. The van der Waals surface area contributed by atoms with Crippen molar-refractivity contribution in [2.45, 2.75) is 26.4 Å². The van der Waals surface area contributed by atoms with Gasteiger partial charge in [-0.15, -0.1) is 0 Å². The van der Waals surface area contributed by atoms with E-state index in [4.69, 9.17) is 0 Å². The highest BCUT2D eigenvalue weighted by Gasteiger charge is 2.13. The van der Waals surface area contributed by atoms with Crippen molar-refractivity contribution in [3.8, 4) is 0 Å². The smallest absolute Gasteiger partial charge is 0.309 e. The number of hydrogen-bond acceptors (Lipinski definition) is 2. The van der Waals surface area contributed by atoms with Gasteiger partial charge in [0.05, 0.1) is 0 Å². The van der Waals surface area contributed by atoms with Crippen molar-refractivity contribution in [3.63, 3.8) is 0 Å². The lowest BCUT2D eigenvalue weighted by atomic mass is 10.2. The van der Waals surface area contributed by atoms with Crippen LogP contribution in [-0.2, 0) is 16.1 Å². The third-order valence-corrected chi connectivity index (χ3v) is 1.99. The van der Waals surface area contributed by atoms with E-state index < -0.39 is 11.8 Å². The van der Waals surface area contributed by atoms with Crippen LogP contribution in [0, 0.1) is 5.82 Å². The Labute approximate surface area is 99.2 Å². The molecule has 0 aliphatic heterocycles. The van der Waals surface area contributed by atoms with Gasteiger partial charge in [0.15, 0.2) is 0 Å². The molecule has 0 aliphatic rings. The molecular weight excluding hydrogens is 223 g/mol. The molecule has 0 bridgehead atoms. The van der Waals surface area contributed by atoms with E-state index >= 15 is 0 Å². The Morgan fingerprint density at radius 1 is 1.18 bits per heavy atom. The van der Waals surface area contributed by atoms with Crippen molar-refractivity contribution >= 4 is 11.8 Å². The second-order valence-corrected chi connectivity index (χ2v) is 3.94. The fourth-order valence-corrected chi connectivity index (χ4v) is 1.19. The molecule has 92 valence electrons. The number of carbonyl (C=O) groups is 2. The number of benzene rings is 1. The molecular formula is C12H15FN2O2. The maximum absolute atomic E-state index is 12.6. The average Bonchev–Trinajstić information content (AvgIpc) is 2.27. The maximum Gasteiger partial charge on any atom is 0.309 e. The molecule has 1 aromatic carbocycles. The lowest BCUT2D eigenvalue weighted by molar-refractivity contribution is -0.139. The molecule has 1 rings (SSSR count). The second kappa shape index (κ2) is 5.98. The SMILES string of the molecule is CC(C)NC(=O)C(=O)NCc1ccc(F)cc1. The summed E-state index contributed by atoms with van der Waals surface area (Å²) in [5, 5.41) is 4.93. The molecule has 1 aromatic rings. The van der Waals surface area contributed by atoms with Crippen LogP contribution in [0.3, 0.4) is 0 Å². The van der Waals surface area contributed by atoms with Gasteiger partial charge in [-0.3, -0.25) is 9.59 Å². The zero-order valence-corrected chi connectivity index (χ0v) is 9.79. The van der Waals surface area contributed by atoms with Gasteiger partial charge in [0.1, 0.15) is 5.82 Å². The Balaban J connectivity index is 2.43. The number of amides is 2. The summed E-state index contributed by atoms with van der Waals surface area (Å²) in [5.74, 6) is -1.69. The highest BCUT2D eigenvalue weighted by atomic mass is 19.1. The molecule has 17 heavy (non-hydrogen) atoms. The van der Waals surface area contributed by atoms with Crippen LogP contribution in [0.15, 0.2) is 24.3 Å².